The number of nitrogens with zero attached hydrogens (tertiary/aromatic N) is 2. The van der Waals surface area contributed by atoms with Crippen LogP contribution in [0.2, 0.25) is 0 Å². The maximum atomic E-state index is 5.41. The van der Waals surface area contributed by atoms with Crippen molar-refractivity contribution in [3.8, 4) is 11.5 Å². The van der Waals surface area contributed by atoms with Crippen molar-refractivity contribution >= 4 is 0 Å². The van der Waals surface area contributed by atoms with Crippen molar-refractivity contribution in [3.05, 3.63) is 78.0 Å². The summed E-state index contributed by atoms with van der Waals surface area (Å²) in [6.45, 7) is 2.62. The van der Waals surface area contributed by atoms with Crippen LogP contribution < -0.4 is 9.47 Å². The molecule has 0 aliphatic carbocycles. The summed E-state index contributed by atoms with van der Waals surface area (Å²) < 4.78 is 15.9. The smallest absolute Gasteiger partial charge is 0.160 e. The van der Waals surface area contributed by atoms with E-state index in [1.807, 2.05) is 30.6 Å². The van der Waals surface area contributed by atoms with Gasteiger partial charge in [-0.05, 0) is 47.9 Å². The number of hydrogen-bond donors (Lipinski definition) is 0. The molecule has 2 heterocycles. The molecule has 0 radical (unpaired) electrons. The molecule has 0 saturated heterocycles. The lowest BCUT2D eigenvalue weighted by Crippen LogP contribution is -2.25. The summed E-state index contributed by atoms with van der Waals surface area (Å²) in [4.78, 5) is 6.50. The fourth-order valence-electron chi connectivity index (χ4n) is 2.92. The van der Waals surface area contributed by atoms with E-state index in [-0.39, 0.29) is 0 Å². The highest BCUT2D eigenvalue weighted by Crippen LogP contribution is 2.27. The van der Waals surface area contributed by atoms with Gasteiger partial charge in [0.25, 0.3) is 0 Å². The molecule has 0 unspecified atom stereocenters. The summed E-state index contributed by atoms with van der Waals surface area (Å²) in [6.07, 6.45) is 8.10. The van der Waals surface area contributed by atoms with Gasteiger partial charge in [-0.1, -0.05) is 6.07 Å². The first-order valence-corrected chi connectivity index (χ1v) is 8.61. The summed E-state index contributed by atoms with van der Waals surface area (Å²) in [5, 5.41) is 0. The number of rotatable bonds is 9. The van der Waals surface area contributed by atoms with Gasteiger partial charge in [0.1, 0.15) is 0 Å². The first-order valence-electron chi connectivity index (χ1n) is 8.61. The Kier molecular flexibility index (Phi) is 6.28. The number of furan rings is 1. The van der Waals surface area contributed by atoms with Gasteiger partial charge >= 0.3 is 0 Å². The van der Waals surface area contributed by atoms with Crippen LogP contribution in [0.3, 0.4) is 0 Å². The number of aromatic nitrogens is 1. The fourth-order valence-corrected chi connectivity index (χ4v) is 2.92. The first-order chi connectivity index (χ1) is 12.8. The van der Waals surface area contributed by atoms with E-state index in [1.165, 1.54) is 16.7 Å². The molecular formula is C21H24N2O3. The molecule has 3 rings (SSSR count). The lowest BCUT2D eigenvalue weighted by molar-refractivity contribution is 0.259. The molecule has 2 aromatic heterocycles. The molecule has 5 heteroatoms. The quantitative estimate of drug-likeness (QED) is 0.584. The number of ether oxygens (including phenoxy) is 2. The van der Waals surface area contributed by atoms with Crippen LogP contribution in [-0.4, -0.2) is 30.6 Å². The van der Waals surface area contributed by atoms with Crippen LogP contribution in [0.1, 0.15) is 16.7 Å². The van der Waals surface area contributed by atoms with Crippen molar-refractivity contribution in [2.75, 3.05) is 20.8 Å². The summed E-state index contributed by atoms with van der Waals surface area (Å²) in [5.41, 5.74) is 3.64. The third kappa shape index (κ3) is 4.86. The van der Waals surface area contributed by atoms with Gasteiger partial charge in [-0.15, -0.1) is 0 Å². The monoisotopic (exact) mass is 352 g/mol. The molecule has 0 aliphatic rings. The molecule has 1 aromatic carbocycles. The second-order valence-electron chi connectivity index (χ2n) is 6.14. The highest BCUT2D eigenvalue weighted by Gasteiger charge is 2.10. The van der Waals surface area contributed by atoms with Crippen molar-refractivity contribution in [1.29, 1.82) is 0 Å². The second kappa shape index (κ2) is 9.06. The van der Waals surface area contributed by atoms with E-state index >= 15 is 0 Å². The van der Waals surface area contributed by atoms with E-state index in [0.29, 0.717) is 0 Å². The number of methoxy groups -OCH3 is 2. The van der Waals surface area contributed by atoms with Gasteiger partial charge in [-0.2, -0.15) is 0 Å². The average Bonchev–Trinajstić information content (AvgIpc) is 3.19. The van der Waals surface area contributed by atoms with Crippen molar-refractivity contribution in [2.45, 2.75) is 19.5 Å². The molecule has 0 saturated carbocycles. The Morgan fingerprint density at radius 2 is 1.65 bits per heavy atom. The Labute approximate surface area is 154 Å². The molecular weight excluding hydrogens is 328 g/mol. The van der Waals surface area contributed by atoms with Crippen LogP contribution in [0.15, 0.2) is 65.7 Å². The van der Waals surface area contributed by atoms with Gasteiger partial charge in [0.15, 0.2) is 11.5 Å². The molecule has 0 bridgehead atoms. The fraction of sp³-hybridized carbons (Fsp3) is 0.286. The van der Waals surface area contributed by atoms with Crippen molar-refractivity contribution in [1.82, 2.24) is 9.88 Å². The predicted molar refractivity (Wildman–Crippen MR) is 100 cm³/mol. The van der Waals surface area contributed by atoms with Crippen LogP contribution in [-0.2, 0) is 19.5 Å². The highest BCUT2D eigenvalue weighted by molar-refractivity contribution is 5.42. The standard InChI is InChI=1S/C21H24N2O3/c1-24-20-4-3-17(13-21(20)25-2)7-11-23(15-19-8-12-26-16-19)14-18-5-9-22-10-6-18/h3-6,8-10,12-13,16H,7,11,14-15H2,1-2H3. The van der Waals surface area contributed by atoms with Gasteiger partial charge in [-0.25, -0.2) is 0 Å². The molecule has 0 N–H and O–H groups in total. The van der Waals surface area contributed by atoms with E-state index in [0.717, 1.165) is 37.6 Å². The topological polar surface area (TPSA) is 47.7 Å². The van der Waals surface area contributed by atoms with Gasteiger partial charge in [0.2, 0.25) is 0 Å². The van der Waals surface area contributed by atoms with E-state index in [9.17, 15) is 0 Å². The lowest BCUT2D eigenvalue weighted by atomic mass is 10.1. The average molecular weight is 352 g/mol. The zero-order valence-corrected chi connectivity index (χ0v) is 15.2. The summed E-state index contributed by atoms with van der Waals surface area (Å²) in [7, 11) is 3.31. The molecule has 3 aromatic rings. The van der Waals surface area contributed by atoms with Crippen LogP contribution in [0.4, 0.5) is 0 Å². The van der Waals surface area contributed by atoms with E-state index < -0.39 is 0 Å². The summed E-state index contributed by atoms with van der Waals surface area (Å²) in [5.74, 6) is 1.52. The van der Waals surface area contributed by atoms with Gasteiger partial charge < -0.3 is 13.9 Å². The van der Waals surface area contributed by atoms with Crippen molar-refractivity contribution in [3.63, 3.8) is 0 Å². The number of hydrogen-bond acceptors (Lipinski definition) is 5. The Balaban J connectivity index is 1.69. The van der Waals surface area contributed by atoms with Gasteiger partial charge in [-0.3, -0.25) is 9.88 Å². The van der Waals surface area contributed by atoms with Crippen LogP contribution in [0, 0.1) is 0 Å². The predicted octanol–water partition coefficient (Wildman–Crippen LogP) is 3.94. The zero-order valence-electron chi connectivity index (χ0n) is 15.2. The van der Waals surface area contributed by atoms with Crippen LogP contribution in [0.5, 0.6) is 11.5 Å². The van der Waals surface area contributed by atoms with Gasteiger partial charge in [0, 0.05) is 37.6 Å². The molecule has 0 amide bonds. The minimum absolute atomic E-state index is 0.753. The third-order valence-electron chi connectivity index (χ3n) is 4.31. The second-order valence-corrected chi connectivity index (χ2v) is 6.14. The van der Waals surface area contributed by atoms with E-state index in [1.54, 1.807) is 26.7 Å². The first kappa shape index (κ1) is 18.0. The minimum Gasteiger partial charge on any atom is -0.493 e. The summed E-state index contributed by atoms with van der Waals surface area (Å²) >= 11 is 0. The van der Waals surface area contributed by atoms with Crippen LogP contribution in [0.25, 0.3) is 0 Å². The Morgan fingerprint density at radius 1 is 0.885 bits per heavy atom. The summed E-state index contributed by atoms with van der Waals surface area (Å²) in [6, 6.07) is 12.2. The molecule has 26 heavy (non-hydrogen) atoms. The Bertz CT molecular complexity index is 788. The van der Waals surface area contributed by atoms with E-state index in [2.05, 4.69) is 28.1 Å². The van der Waals surface area contributed by atoms with E-state index in [4.69, 9.17) is 13.9 Å². The maximum absolute atomic E-state index is 5.41. The molecule has 5 nitrogen and oxygen atoms in total. The molecule has 136 valence electrons. The van der Waals surface area contributed by atoms with Crippen LogP contribution >= 0.6 is 0 Å². The molecule has 0 atom stereocenters. The lowest BCUT2D eigenvalue weighted by Gasteiger charge is -2.22. The SMILES string of the molecule is COc1ccc(CCN(Cc2ccncc2)Cc2ccoc2)cc1OC. The number of benzene rings is 1. The maximum Gasteiger partial charge on any atom is 0.160 e. The normalized spacial score (nSPS) is 10.9. The third-order valence-corrected chi connectivity index (χ3v) is 4.31. The molecule has 0 spiro atoms. The molecule has 0 aliphatic heterocycles. The van der Waals surface area contributed by atoms with Crippen molar-refractivity contribution < 1.29 is 13.9 Å². The van der Waals surface area contributed by atoms with Crippen molar-refractivity contribution in [2.24, 2.45) is 0 Å². The highest BCUT2D eigenvalue weighted by atomic mass is 16.5. The Hall–Kier alpha value is -2.79. The largest absolute Gasteiger partial charge is 0.493 e. The number of pyridine rings is 1. The molecule has 0 fully saturated rings. The minimum atomic E-state index is 0.753. The zero-order chi connectivity index (χ0) is 18.2. The van der Waals surface area contributed by atoms with Gasteiger partial charge in [0.05, 0.1) is 26.7 Å². The Morgan fingerprint density at radius 3 is 2.35 bits per heavy atom.